The van der Waals surface area contributed by atoms with Gasteiger partial charge in [0.2, 0.25) is 0 Å². The van der Waals surface area contributed by atoms with Crippen LogP contribution in [0.1, 0.15) is 43.6 Å². The average Bonchev–Trinajstić information content (AvgIpc) is 2.36. The molecule has 0 saturated carbocycles. The summed E-state index contributed by atoms with van der Waals surface area (Å²) in [6, 6.07) is 4.85. The van der Waals surface area contributed by atoms with Gasteiger partial charge in [-0.1, -0.05) is 39.8 Å². The highest BCUT2D eigenvalue weighted by Crippen LogP contribution is 2.31. The smallest absolute Gasteiger partial charge is 0.352 e. The van der Waals surface area contributed by atoms with Crippen molar-refractivity contribution in [3.05, 3.63) is 35.4 Å². The first-order valence-corrected chi connectivity index (χ1v) is 7.09. The summed E-state index contributed by atoms with van der Waals surface area (Å²) in [6.45, 7) is 8.54. The van der Waals surface area contributed by atoms with Crippen LogP contribution in [0.25, 0.3) is 0 Å². The van der Waals surface area contributed by atoms with Gasteiger partial charge in [-0.2, -0.15) is 13.2 Å². The Morgan fingerprint density at radius 2 is 1.62 bits per heavy atom. The molecule has 0 aliphatic heterocycles. The van der Waals surface area contributed by atoms with Crippen molar-refractivity contribution in [1.82, 2.24) is 5.32 Å². The summed E-state index contributed by atoms with van der Waals surface area (Å²) in [5.74, 6) is 0.257. The Labute approximate surface area is 123 Å². The molecule has 2 nitrogen and oxygen atoms in total. The zero-order chi connectivity index (χ0) is 16.2. The summed E-state index contributed by atoms with van der Waals surface area (Å²) in [7, 11) is 0. The van der Waals surface area contributed by atoms with Gasteiger partial charge in [0.25, 0.3) is 5.91 Å². The van der Waals surface area contributed by atoms with Crippen molar-refractivity contribution < 1.29 is 18.0 Å². The number of hydrogen-bond acceptors (Lipinski definition) is 1. The molecule has 0 saturated heterocycles. The Morgan fingerprint density at radius 3 is 2.10 bits per heavy atom. The van der Waals surface area contributed by atoms with Crippen LogP contribution in [0.5, 0.6) is 0 Å². The van der Waals surface area contributed by atoms with Crippen LogP contribution in [0.3, 0.4) is 0 Å². The fourth-order valence-electron chi connectivity index (χ4n) is 2.48. The second-order valence-corrected chi connectivity index (χ2v) is 5.91. The molecular formula is C16H22F3NO. The number of amides is 1. The van der Waals surface area contributed by atoms with Crippen LogP contribution in [-0.4, -0.2) is 12.5 Å². The van der Waals surface area contributed by atoms with Gasteiger partial charge in [-0.15, -0.1) is 0 Å². The minimum atomic E-state index is -4.52. The Kier molecular flexibility index (Phi) is 5.81. The van der Waals surface area contributed by atoms with Crippen molar-refractivity contribution in [1.29, 1.82) is 0 Å². The van der Waals surface area contributed by atoms with Gasteiger partial charge in [0, 0.05) is 6.54 Å². The van der Waals surface area contributed by atoms with E-state index in [-0.39, 0.29) is 11.5 Å². The van der Waals surface area contributed by atoms with E-state index in [4.69, 9.17) is 0 Å². The second-order valence-electron chi connectivity index (χ2n) is 5.91. The third-order valence-electron chi connectivity index (χ3n) is 3.69. The molecule has 0 spiro atoms. The minimum Gasteiger partial charge on any atom is -0.352 e. The standard InChI is InChI=1S/C16H22F3NO/c1-10(2)13(11(3)4)9-20-15(21)12-7-5-6-8-14(12)16(17,18)19/h5-8,10-11,13H,9H2,1-4H3,(H,20,21). The molecule has 1 N–H and O–H groups in total. The number of nitrogens with one attached hydrogen (secondary N) is 1. The highest BCUT2D eigenvalue weighted by Gasteiger charge is 2.34. The Hall–Kier alpha value is -1.52. The van der Waals surface area contributed by atoms with Crippen molar-refractivity contribution in [2.45, 2.75) is 33.9 Å². The van der Waals surface area contributed by atoms with Crippen LogP contribution < -0.4 is 5.32 Å². The molecule has 118 valence electrons. The van der Waals surface area contributed by atoms with Crippen LogP contribution in [0.15, 0.2) is 24.3 Å². The predicted molar refractivity (Wildman–Crippen MR) is 76.9 cm³/mol. The lowest BCUT2D eigenvalue weighted by Crippen LogP contribution is -2.34. The van der Waals surface area contributed by atoms with Crippen molar-refractivity contribution in [3.8, 4) is 0 Å². The third kappa shape index (κ3) is 4.76. The first-order chi connectivity index (χ1) is 9.64. The lowest BCUT2D eigenvalue weighted by Gasteiger charge is -2.25. The third-order valence-corrected chi connectivity index (χ3v) is 3.69. The zero-order valence-corrected chi connectivity index (χ0v) is 12.8. The van der Waals surface area contributed by atoms with Crippen LogP contribution in [0.2, 0.25) is 0 Å². The molecule has 1 aromatic carbocycles. The number of halogens is 3. The maximum absolute atomic E-state index is 12.9. The molecular weight excluding hydrogens is 279 g/mol. The van der Waals surface area contributed by atoms with E-state index in [2.05, 4.69) is 5.32 Å². The lowest BCUT2D eigenvalue weighted by molar-refractivity contribution is -0.137. The van der Waals surface area contributed by atoms with Gasteiger partial charge < -0.3 is 5.32 Å². The van der Waals surface area contributed by atoms with Crippen molar-refractivity contribution in [3.63, 3.8) is 0 Å². The van der Waals surface area contributed by atoms with Gasteiger partial charge in [0.15, 0.2) is 0 Å². The molecule has 1 rings (SSSR count). The van der Waals surface area contributed by atoms with Crippen LogP contribution in [0, 0.1) is 17.8 Å². The Bertz CT molecular complexity index is 473. The molecule has 21 heavy (non-hydrogen) atoms. The maximum atomic E-state index is 12.9. The maximum Gasteiger partial charge on any atom is 0.417 e. The molecule has 5 heteroatoms. The van der Waals surface area contributed by atoms with Crippen molar-refractivity contribution >= 4 is 5.91 Å². The highest BCUT2D eigenvalue weighted by atomic mass is 19.4. The minimum absolute atomic E-state index is 0.229. The summed E-state index contributed by atoms with van der Waals surface area (Å²) >= 11 is 0. The monoisotopic (exact) mass is 301 g/mol. The van der Waals surface area contributed by atoms with Crippen LogP contribution >= 0.6 is 0 Å². The Morgan fingerprint density at radius 1 is 1.10 bits per heavy atom. The van der Waals surface area contributed by atoms with E-state index < -0.39 is 17.6 Å². The highest BCUT2D eigenvalue weighted by molar-refractivity contribution is 5.95. The molecule has 0 fully saturated rings. The molecule has 0 radical (unpaired) electrons. The van der Waals surface area contributed by atoms with Gasteiger partial charge in [-0.3, -0.25) is 4.79 Å². The van der Waals surface area contributed by atoms with Crippen molar-refractivity contribution in [2.24, 2.45) is 17.8 Å². The number of alkyl halides is 3. The average molecular weight is 301 g/mol. The Balaban J connectivity index is 2.86. The summed E-state index contributed by atoms with van der Waals surface area (Å²) in [5, 5.41) is 2.64. The summed E-state index contributed by atoms with van der Waals surface area (Å²) < 4.78 is 38.7. The molecule has 0 atom stereocenters. The second kappa shape index (κ2) is 6.96. The van der Waals surface area contributed by atoms with E-state index in [9.17, 15) is 18.0 Å². The first-order valence-electron chi connectivity index (χ1n) is 7.09. The quantitative estimate of drug-likeness (QED) is 0.860. The predicted octanol–water partition coefficient (Wildman–Crippen LogP) is 4.36. The van der Waals surface area contributed by atoms with Gasteiger partial charge in [0.1, 0.15) is 0 Å². The van der Waals surface area contributed by atoms with E-state index in [0.29, 0.717) is 18.4 Å². The van der Waals surface area contributed by atoms with Gasteiger partial charge in [-0.05, 0) is 29.9 Å². The van der Waals surface area contributed by atoms with Crippen molar-refractivity contribution in [2.75, 3.05) is 6.54 Å². The number of rotatable bonds is 5. The fourth-order valence-corrected chi connectivity index (χ4v) is 2.48. The molecule has 1 amide bonds. The molecule has 0 bridgehead atoms. The van der Waals surface area contributed by atoms with Crippen LogP contribution in [-0.2, 0) is 6.18 Å². The van der Waals surface area contributed by atoms with Gasteiger partial charge >= 0.3 is 6.18 Å². The number of benzene rings is 1. The first kappa shape index (κ1) is 17.5. The fraction of sp³-hybridized carbons (Fsp3) is 0.562. The van der Waals surface area contributed by atoms with Crippen LogP contribution in [0.4, 0.5) is 13.2 Å². The summed E-state index contributed by atoms with van der Waals surface area (Å²) in [6.07, 6.45) is -4.52. The summed E-state index contributed by atoms with van der Waals surface area (Å²) in [4.78, 5) is 12.1. The number of hydrogen-bond donors (Lipinski definition) is 1. The topological polar surface area (TPSA) is 29.1 Å². The van der Waals surface area contributed by atoms with E-state index in [1.54, 1.807) is 0 Å². The molecule has 0 unspecified atom stereocenters. The molecule has 0 heterocycles. The zero-order valence-electron chi connectivity index (χ0n) is 12.8. The van der Waals surface area contributed by atoms with E-state index >= 15 is 0 Å². The lowest BCUT2D eigenvalue weighted by atomic mass is 9.85. The largest absolute Gasteiger partial charge is 0.417 e. The molecule has 0 aliphatic carbocycles. The van der Waals surface area contributed by atoms with E-state index in [1.807, 2.05) is 27.7 Å². The van der Waals surface area contributed by atoms with Gasteiger partial charge in [0.05, 0.1) is 11.1 Å². The molecule has 0 aliphatic rings. The molecule has 1 aromatic rings. The normalized spacial score (nSPS) is 12.3. The summed E-state index contributed by atoms with van der Waals surface area (Å²) in [5.41, 5.74) is -1.22. The molecule has 0 aromatic heterocycles. The SMILES string of the molecule is CC(C)C(CNC(=O)c1ccccc1C(F)(F)F)C(C)C. The van der Waals surface area contributed by atoms with Gasteiger partial charge in [-0.25, -0.2) is 0 Å². The number of carbonyl (C=O) groups is 1. The van der Waals surface area contributed by atoms with E-state index in [0.717, 1.165) is 6.07 Å². The number of carbonyl (C=O) groups excluding carboxylic acids is 1. The van der Waals surface area contributed by atoms with E-state index in [1.165, 1.54) is 18.2 Å².